The summed E-state index contributed by atoms with van der Waals surface area (Å²) in [6.45, 7) is 4.10. The molecule has 0 spiro atoms. The first-order valence-corrected chi connectivity index (χ1v) is 4.96. The van der Waals surface area contributed by atoms with Crippen molar-refractivity contribution in [3.63, 3.8) is 0 Å². The molecular formula is C13H14O2. The number of aliphatic hydroxyl groups is 1. The van der Waals surface area contributed by atoms with E-state index in [0.717, 1.165) is 11.1 Å². The first-order chi connectivity index (χ1) is 7.18. The fourth-order valence-corrected chi connectivity index (χ4v) is 1.56. The maximum Gasteiger partial charge on any atom is 0.107 e. The van der Waals surface area contributed by atoms with Gasteiger partial charge in [-0.3, -0.25) is 0 Å². The summed E-state index contributed by atoms with van der Waals surface area (Å²) in [6, 6.07) is 7.75. The van der Waals surface area contributed by atoms with Gasteiger partial charge in [-0.15, -0.1) is 0 Å². The largest absolute Gasteiger partial charge is 0.472 e. The zero-order valence-corrected chi connectivity index (χ0v) is 8.90. The van der Waals surface area contributed by atoms with Crippen molar-refractivity contribution in [1.29, 1.82) is 0 Å². The second kappa shape index (κ2) is 3.91. The Morgan fingerprint density at radius 1 is 1.07 bits per heavy atom. The molecule has 2 rings (SSSR count). The molecule has 0 unspecified atom stereocenters. The summed E-state index contributed by atoms with van der Waals surface area (Å²) in [7, 11) is 0. The summed E-state index contributed by atoms with van der Waals surface area (Å²) < 4.78 is 4.95. The Balaban J connectivity index is 2.34. The molecule has 0 fully saturated rings. The molecule has 0 radical (unpaired) electrons. The van der Waals surface area contributed by atoms with Gasteiger partial charge >= 0.3 is 0 Å². The van der Waals surface area contributed by atoms with E-state index in [1.165, 1.54) is 11.1 Å². The molecule has 1 heterocycles. The summed E-state index contributed by atoms with van der Waals surface area (Å²) in [5.41, 5.74) is 4.12. The molecule has 0 amide bonds. The molecule has 2 nitrogen and oxygen atoms in total. The van der Waals surface area contributed by atoms with Crippen LogP contribution in [0, 0.1) is 13.8 Å². The maximum absolute atomic E-state index is 10.0. The van der Waals surface area contributed by atoms with E-state index in [1.54, 1.807) is 18.6 Å². The second-order valence-corrected chi connectivity index (χ2v) is 3.80. The Morgan fingerprint density at radius 2 is 1.87 bits per heavy atom. The van der Waals surface area contributed by atoms with Gasteiger partial charge in [0, 0.05) is 5.56 Å². The third kappa shape index (κ3) is 1.95. The molecule has 1 aromatic carbocycles. The molecule has 0 aliphatic rings. The van der Waals surface area contributed by atoms with Crippen LogP contribution in [0.2, 0.25) is 0 Å². The number of benzene rings is 1. The van der Waals surface area contributed by atoms with Crippen LogP contribution in [0.4, 0.5) is 0 Å². The van der Waals surface area contributed by atoms with E-state index < -0.39 is 6.10 Å². The highest BCUT2D eigenvalue weighted by atomic mass is 16.3. The van der Waals surface area contributed by atoms with E-state index >= 15 is 0 Å². The Labute approximate surface area is 89.2 Å². The van der Waals surface area contributed by atoms with Gasteiger partial charge in [-0.25, -0.2) is 0 Å². The van der Waals surface area contributed by atoms with Crippen molar-refractivity contribution in [2.75, 3.05) is 0 Å². The van der Waals surface area contributed by atoms with Crippen LogP contribution in [-0.4, -0.2) is 5.11 Å². The predicted octanol–water partition coefficient (Wildman–Crippen LogP) is 2.98. The van der Waals surface area contributed by atoms with E-state index in [4.69, 9.17) is 4.42 Å². The predicted molar refractivity (Wildman–Crippen MR) is 58.7 cm³/mol. The van der Waals surface area contributed by atoms with Gasteiger partial charge in [-0.2, -0.15) is 0 Å². The summed E-state index contributed by atoms with van der Waals surface area (Å²) >= 11 is 0. The van der Waals surface area contributed by atoms with Crippen LogP contribution in [0.3, 0.4) is 0 Å². The third-order valence-corrected chi connectivity index (χ3v) is 2.71. The van der Waals surface area contributed by atoms with E-state index in [9.17, 15) is 5.11 Å². The highest BCUT2D eigenvalue weighted by Crippen LogP contribution is 2.23. The molecule has 2 aromatic rings. The number of aryl methyl sites for hydroxylation is 2. The Hall–Kier alpha value is -1.54. The topological polar surface area (TPSA) is 33.4 Å². The highest BCUT2D eigenvalue weighted by molar-refractivity contribution is 5.34. The number of furan rings is 1. The average Bonchev–Trinajstić information content (AvgIpc) is 2.74. The SMILES string of the molecule is Cc1ccc([C@H](O)c2ccoc2)cc1C. The zero-order chi connectivity index (χ0) is 10.8. The molecule has 15 heavy (non-hydrogen) atoms. The first-order valence-electron chi connectivity index (χ1n) is 4.96. The van der Waals surface area contributed by atoms with E-state index in [0.29, 0.717) is 0 Å². The quantitative estimate of drug-likeness (QED) is 0.812. The van der Waals surface area contributed by atoms with Gasteiger partial charge in [0.05, 0.1) is 12.5 Å². The lowest BCUT2D eigenvalue weighted by molar-refractivity contribution is 0.219. The molecule has 1 atom stereocenters. The van der Waals surface area contributed by atoms with Crippen molar-refractivity contribution in [3.05, 3.63) is 59.0 Å². The molecule has 0 bridgehead atoms. The van der Waals surface area contributed by atoms with Crippen molar-refractivity contribution < 1.29 is 9.52 Å². The van der Waals surface area contributed by atoms with E-state index in [-0.39, 0.29) is 0 Å². The van der Waals surface area contributed by atoms with Gasteiger partial charge in [0.25, 0.3) is 0 Å². The smallest absolute Gasteiger partial charge is 0.107 e. The molecule has 1 aromatic heterocycles. The van der Waals surface area contributed by atoms with Crippen LogP contribution >= 0.6 is 0 Å². The Kier molecular flexibility index (Phi) is 2.60. The monoisotopic (exact) mass is 202 g/mol. The van der Waals surface area contributed by atoms with Crippen LogP contribution in [0.25, 0.3) is 0 Å². The van der Waals surface area contributed by atoms with E-state index in [2.05, 4.69) is 6.92 Å². The molecule has 0 aliphatic carbocycles. The van der Waals surface area contributed by atoms with Crippen molar-refractivity contribution in [2.45, 2.75) is 20.0 Å². The summed E-state index contributed by atoms with van der Waals surface area (Å²) in [5, 5.41) is 10.0. The molecule has 78 valence electrons. The molecule has 0 aliphatic heterocycles. The fourth-order valence-electron chi connectivity index (χ4n) is 1.56. The summed E-state index contributed by atoms with van der Waals surface area (Å²) in [5.74, 6) is 0. The molecule has 1 N–H and O–H groups in total. The van der Waals surface area contributed by atoms with Crippen LogP contribution in [0.5, 0.6) is 0 Å². The summed E-state index contributed by atoms with van der Waals surface area (Å²) in [4.78, 5) is 0. The van der Waals surface area contributed by atoms with Gasteiger partial charge in [-0.1, -0.05) is 18.2 Å². The lowest BCUT2D eigenvalue weighted by atomic mass is 10.00. The van der Waals surface area contributed by atoms with Crippen molar-refractivity contribution in [3.8, 4) is 0 Å². The van der Waals surface area contributed by atoms with Gasteiger partial charge in [0.15, 0.2) is 0 Å². The number of hydrogen-bond acceptors (Lipinski definition) is 2. The highest BCUT2D eigenvalue weighted by Gasteiger charge is 2.11. The zero-order valence-electron chi connectivity index (χ0n) is 8.90. The Bertz CT molecular complexity index is 444. The second-order valence-electron chi connectivity index (χ2n) is 3.80. The minimum Gasteiger partial charge on any atom is -0.472 e. The normalized spacial score (nSPS) is 12.7. The summed E-state index contributed by atoms with van der Waals surface area (Å²) in [6.07, 6.45) is 2.54. The first kappa shape index (κ1) is 9.99. The molecule has 0 saturated heterocycles. The van der Waals surface area contributed by atoms with Crippen LogP contribution in [-0.2, 0) is 0 Å². The molecular weight excluding hydrogens is 188 g/mol. The number of hydrogen-bond donors (Lipinski definition) is 1. The minimum atomic E-state index is -0.594. The lowest BCUT2D eigenvalue weighted by Gasteiger charge is -2.10. The molecule has 2 heteroatoms. The lowest BCUT2D eigenvalue weighted by Crippen LogP contribution is -1.98. The van der Waals surface area contributed by atoms with Gasteiger partial charge in [0.1, 0.15) is 6.10 Å². The average molecular weight is 202 g/mol. The maximum atomic E-state index is 10.0. The van der Waals surface area contributed by atoms with Crippen molar-refractivity contribution >= 4 is 0 Å². The molecule has 0 saturated carbocycles. The van der Waals surface area contributed by atoms with Crippen molar-refractivity contribution in [2.24, 2.45) is 0 Å². The fraction of sp³-hybridized carbons (Fsp3) is 0.231. The van der Waals surface area contributed by atoms with Crippen LogP contribution in [0.1, 0.15) is 28.4 Å². The van der Waals surface area contributed by atoms with Crippen molar-refractivity contribution in [1.82, 2.24) is 0 Å². The van der Waals surface area contributed by atoms with Gasteiger partial charge in [0.2, 0.25) is 0 Å². The third-order valence-electron chi connectivity index (χ3n) is 2.71. The minimum absolute atomic E-state index is 0.594. The van der Waals surface area contributed by atoms with E-state index in [1.807, 2.05) is 25.1 Å². The number of rotatable bonds is 2. The number of aliphatic hydroxyl groups excluding tert-OH is 1. The van der Waals surface area contributed by atoms with Crippen LogP contribution in [0.15, 0.2) is 41.2 Å². The van der Waals surface area contributed by atoms with Gasteiger partial charge in [-0.05, 0) is 36.6 Å². The standard InChI is InChI=1S/C13H14O2/c1-9-3-4-11(7-10(9)2)13(14)12-5-6-15-8-12/h3-8,13-14H,1-2H3/t13-/m0/s1. The Morgan fingerprint density at radius 3 is 2.47 bits per heavy atom. The van der Waals surface area contributed by atoms with Crippen LogP contribution < -0.4 is 0 Å². The van der Waals surface area contributed by atoms with Gasteiger partial charge < -0.3 is 9.52 Å².